The van der Waals surface area contributed by atoms with Crippen LogP contribution in [0.4, 0.5) is 0 Å². The standard InChI is InChI=1S/C13H27N3O3/c1-9(11(17)14-7-8-19-6)15-10(2)12(18)16-13(3,4)5/h9-10,15H,7-8H2,1-6H3,(H,14,17)(H,16,18). The summed E-state index contributed by atoms with van der Waals surface area (Å²) in [7, 11) is 1.58. The van der Waals surface area contributed by atoms with Crippen LogP contribution in [-0.4, -0.2) is 49.7 Å². The molecule has 0 saturated heterocycles. The predicted molar refractivity (Wildman–Crippen MR) is 74.8 cm³/mol. The predicted octanol–water partition coefficient (Wildman–Crippen LogP) is 0.0303. The number of methoxy groups -OCH3 is 1. The van der Waals surface area contributed by atoms with Gasteiger partial charge in [0.15, 0.2) is 0 Å². The van der Waals surface area contributed by atoms with E-state index < -0.39 is 12.1 Å². The maximum absolute atomic E-state index is 11.9. The van der Waals surface area contributed by atoms with Crippen LogP contribution in [0.15, 0.2) is 0 Å². The lowest BCUT2D eigenvalue weighted by Crippen LogP contribution is -2.54. The van der Waals surface area contributed by atoms with E-state index in [1.54, 1.807) is 21.0 Å². The normalized spacial score (nSPS) is 14.6. The largest absolute Gasteiger partial charge is 0.383 e. The van der Waals surface area contributed by atoms with E-state index in [9.17, 15) is 9.59 Å². The molecule has 0 radical (unpaired) electrons. The van der Waals surface area contributed by atoms with E-state index in [0.29, 0.717) is 13.2 Å². The summed E-state index contributed by atoms with van der Waals surface area (Å²) in [6.45, 7) is 10.1. The van der Waals surface area contributed by atoms with Gasteiger partial charge in [-0.1, -0.05) is 0 Å². The van der Waals surface area contributed by atoms with Crippen molar-refractivity contribution in [1.29, 1.82) is 0 Å². The van der Waals surface area contributed by atoms with Gasteiger partial charge < -0.3 is 15.4 Å². The second kappa shape index (κ2) is 8.12. The third kappa shape index (κ3) is 8.56. The summed E-state index contributed by atoms with van der Waals surface area (Å²) < 4.78 is 4.85. The fourth-order valence-electron chi connectivity index (χ4n) is 1.43. The molecule has 0 aromatic rings. The fraction of sp³-hybridized carbons (Fsp3) is 0.846. The van der Waals surface area contributed by atoms with Gasteiger partial charge in [-0.05, 0) is 34.6 Å². The molecule has 0 fully saturated rings. The van der Waals surface area contributed by atoms with E-state index in [2.05, 4.69) is 16.0 Å². The first-order chi connectivity index (χ1) is 8.67. The van der Waals surface area contributed by atoms with E-state index in [-0.39, 0.29) is 17.4 Å². The number of rotatable bonds is 7. The van der Waals surface area contributed by atoms with Crippen molar-refractivity contribution in [3.05, 3.63) is 0 Å². The molecule has 0 rings (SSSR count). The van der Waals surface area contributed by atoms with Crippen LogP contribution in [0.5, 0.6) is 0 Å². The number of hydrogen-bond acceptors (Lipinski definition) is 4. The molecule has 0 spiro atoms. The summed E-state index contributed by atoms with van der Waals surface area (Å²) in [5, 5.41) is 8.54. The zero-order chi connectivity index (χ0) is 15.1. The maximum atomic E-state index is 11.9. The van der Waals surface area contributed by atoms with Gasteiger partial charge in [-0.2, -0.15) is 0 Å². The second-order valence-corrected chi connectivity index (χ2v) is 5.63. The van der Waals surface area contributed by atoms with Gasteiger partial charge in [-0.25, -0.2) is 0 Å². The highest BCUT2D eigenvalue weighted by Gasteiger charge is 2.22. The number of nitrogens with one attached hydrogen (secondary N) is 3. The van der Waals surface area contributed by atoms with Crippen LogP contribution in [0.3, 0.4) is 0 Å². The molecular weight excluding hydrogens is 246 g/mol. The van der Waals surface area contributed by atoms with Crippen molar-refractivity contribution in [1.82, 2.24) is 16.0 Å². The van der Waals surface area contributed by atoms with E-state index in [0.717, 1.165) is 0 Å². The minimum atomic E-state index is -0.433. The molecule has 0 heterocycles. The maximum Gasteiger partial charge on any atom is 0.237 e. The number of hydrogen-bond donors (Lipinski definition) is 3. The third-order valence-electron chi connectivity index (χ3n) is 2.39. The minimum absolute atomic E-state index is 0.121. The van der Waals surface area contributed by atoms with Gasteiger partial charge >= 0.3 is 0 Å². The van der Waals surface area contributed by atoms with E-state index in [4.69, 9.17) is 4.74 Å². The monoisotopic (exact) mass is 273 g/mol. The molecule has 0 aromatic carbocycles. The summed E-state index contributed by atoms with van der Waals surface area (Å²) in [5.41, 5.74) is -0.281. The first kappa shape index (κ1) is 17.9. The fourth-order valence-corrected chi connectivity index (χ4v) is 1.43. The Labute approximate surface area is 115 Å². The average molecular weight is 273 g/mol. The molecule has 0 saturated carbocycles. The average Bonchev–Trinajstić information content (AvgIpc) is 2.26. The Kier molecular flexibility index (Phi) is 7.63. The van der Waals surface area contributed by atoms with Gasteiger partial charge in [-0.3, -0.25) is 14.9 Å². The Morgan fingerprint density at radius 1 is 1.11 bits per heavy atom. The molecule has 6 heteroatoms. The number of carbonyl (C=O) groups is 2. The molecule has 6 nitrogen and oxygen atoms in total. The first-order valence-electron chi connectivity index (χ1n) is 6.52. The van der Waals surface area contributed by atoms with Gasteiger partial charge in [-0.15, -0.1) is 0 Å². The molecule has 0 aliphatic heterocycles. The quantitative estimate of drug-likeness (QED) is 0.572. The minimum Gasteiger partial charge on any atom is -0.383 e. The third-order valence-corrected chi connectivity index (χ3v) is 2.39. The SMILES string of the molecule is COCCNC(=O)C(C)NC(C)C(=O)NC(C)(C)C. The Morgan fingerprint density at radius 3 is 2.11 bits per heavy atom. The van der Waals surface area contributed by atoms with Gasteiger partial charge in [0.1, 0.15) is 0 Å². The van der Waals surface area contributed by atoms with E-state index in [1.807, 2.05) is 20.8 Å². The molecule has 19 heavy (non-hydrogen) atoms. The van der Waals surface area contributed by atoms with Crippen molar-refractivity contribution in [3.8, 4) is 0 Å². The lowest BCUT2D eigenvalue weighted by Gasteiger charge is -2.25. The zero-order valence-electron chi connectivity index (χ0n) is 12.8. The van der Waals surface area contributed by atoms with Crippen molar-refractivity contribution < 1.29 is 14.3 Å². The first-order valence-corrected chi connectivity index (χ1v) is 6.52. The molecular formula is C13H27N3O3. The molecule has 2 atom stereocenters. The Morgan fingerprint density at radius 2 is 1.63 bits per heavy atom. The van der Waals surface area contributed by atoms with Crippen molar-refractivity contribution in [2.45, 2.75) is 52.2 Å². The van der Waals surface area contributed by atoms with Gasteiger partial charge in [0.25, 0.3) is 0 Å². The topological polar surface area (TPSA) is 79.5 Å². The van der Waals surface area contributed by atoms with E-state index in [1.165, 1.54) is 0 Å². The van der Waals surface area contributed by atoms with Crippen molar-refractivity contribution in [2.24, 2.45) is 0 Å². The highest BCUT2D eigenvalue weighted by molar-refractivity contribution is 5.85. The van der Waals surface area contributed by atoms with Gasteiger partial charge in [0.05, 0.1) is 18.7 Å². The van der Waals surface area contributed by atoms with Crippen LogP contribution >= 0.6 is 0 Å². The van der Waals surface area contributed by atoms with Crippen LogP contribution in [0.2, 0.25) is 0 Å². The van der Waals surface area contributed by atoms with Crippen LogP contribution in [0, 0.1) is 0 Å². The summed E-state index contributed by atoms with van der Waals surface area (Å²) >= 11 is 0. The summed E-state index contributed by atoms with van der Waals surface area (Å²) in [5.74, 6) is -0.267. The summed E-state index contributed by atoms with van der Waals surface area (Å²) in [6.07, 6.45) is 0. The van der Waals surface area contributed by atoms with Crippen molar-refractivity contribution in [2.75, 3.05) is 20.3 Å². The van der Waals surface area contributed by atoms with Crippen LogP contribution < -0.4 is 16.0 Å². The van der Waals surface area contributed by atoms with Gasteiger partial charge in [0, 0.05) is 19.2 Å². The highest BCUT2D eigenvalue weighted by Crippen LogP contribution is 1.99. The van der Waals surface area contributed by atoms with Crippen LogP contribution in [0.1, 0.15) is 34.6 Å². The summed E-state index contributed by atoms with van der Waals surface area (Å²) in [4.78, 5) is 23.6. The Bertz CT molecular complexity index is 300. The van der Waals surface area contributed by atoms with E-state index >= 15 is 0 Å². The lowest BCUT2D eigenvalue weighted by molar-refractivity contribution is -0.126. The van der Waals surface area contributed by atoms with Crippen LogP contribution in [0.25, 0.3) is 0 Å². The Hall–Kier alpha value is -1.14. The molecule has 2 amide bonds. The van der Waals surface area contributed by atoms with Gasteiger partial charge in [0.2, 0.25) is 11.8 Å². The number of carbonyl (C=O) groups excluding carboxylic acids is 2. The highest BCUT2D eigenvalue weighted by atomic mass is 16.5. The molecule has 3 N–H and O–H groups in total. The molecule has 0 aliphatic carbocycles. The molecule has 2 unspecified atom stereocenters. The van der Waals surface area contributed by atoms with Crippen molar-refractivity contribution in [3.63, 3.8) is 0 Å². The number of amides is 2. The summed E-state index contributed by atoms with van der Waals surface area (Å²) in [6, 6.07) is -0.861. The smallest absolute Gasteiger partial charge is 0.237 e. The molecule has 0 aliphatic rings. The lowest BCUT2D eigenvalue weighted by atomic mass is 10.1. The molecule has 0 bridgehead atoms. The molecule has 112 valence electrons. The Balaban J connectivity index is 4.13. The molecule has 0 aromatic heterocycles. The van der Waals surface area contributed by atoms with Crippen molar-refractivity contribution >= 4 is 11.8 Å². The second-order valence-electron chi connectivity index (χ2n) is 5.63. The number of ether oxygens (including phenoxy) is 1. The van der Waals surface area contributed by atoms with Crippen LogP contribution in [-0.2, 0) is 14.3 Å². The zero-order valence-corrected chi connectivity index (χ0v) is 12.8.